The lowest BCUT2D eigenvalue weighted by atomic mass is 10.2. The number of rotatable bonds is 2. The van der Waals surface area contributed by atoms with Crippen LogP contribution in [0.3, 0.4) is 0 Å². The van der Waals surface area contributed by atoms with Crippen LogP contribution in [-0.4, -0.2) is 21.9 Å². The molecule has 0 unspecified atom stereocenters. The fourth-order valence-corrected chi connectivity index (χ4v) is 1.96. The lowest BCUT2D eigenvalue weighted by molar-refractivity contribution is 0.0932. The average molecular weight is 270 g/mol. The van der Waals surface area contributed by atoms with E-state index in [-0.39, 0.29) is 5.91 Å². The van der Waals surface area contributed by atoms with Crippen LogP contribution in [0.15, 0.2) is 17.0 Å². The van der Waals surface area contributed by atoms with E-state index >= 15 is 0 Å². The van der Waals surface area contributed by atoms with Crippen LogP contribution in [0.25, 0.3) is 0 Å². The predicted octanol–water partition coefficient (Wildman–Crippen LogP) is 1.91. The molecule has 1 aromatic rings. The van der Waals surface area contributed by atoms with Gasteiger partial charge in [0.2, 0.25) is 0 Å². The van der Waals surface area contributed by atoms with E-state index < -0.39 is 0 Å². The summed E-state index contributed by atoms with van der Waals surface area (Å²) in [5, 5.41) is 2.96. The first-order valence-corrected chi connectivity index (χ1v) is 5.83. The maximum Gasteiger partial charge on any atom is 0.271 e. The summed E-state index contributed by atoms with van der Waals surface area (Å²) in [5.41, 5.74) is 0.380. The van der Waals surface area contributed by atoms with Gasteiger partial charge in [0.1, 0.15) is 10.3 Å². The monoisotopic (exact) mass is 269 g/mol. The van der Waals surface area contributed by atoms with Crippen LogP contribution in [0.4, 0.5) is 0 Å². The standard InChI is InChI=1S/C10H12BrN3O/c11-9-6-12-8(5-13-9)10(15)14-7-3-1-2-4-7/h5-7H,1-4H2,(H,14,15). The molecule has 1 aliphatic rings. The van der Waals surface area contributed by atoms with Crippen LogP contribution in [0.5, 0.6) is 0 Å². The quantitative estimate of drug-likeness (QED) is 0.893. The van der Waals surface area contributed by atoms with Crippen LogP contribution in [0.2, 0.25) is 0 Å². The van der Waals surface area contributed by atoms with Gasteiger partial charge in [-0.05, 0) is 28.8 Å². The van der Waals surface area contributed by atoms with Crippen LogP contribution in [-0.2, 0) is 0 Å². The molecule has 4 nitrogen and oxygen atoms in total. The summed E-state index contributed by atoms with van der Waals surface area (Å²) in [7, 11) is 0. The second-order valence-corrected chi connectivity index (χ2v) is 4.49. The smallest absolute Gasteiger partial charge is 0.271 e. The summed E-state index contributed by atoms with van der Waals surface area (Å²) in [4.78, 5) is 19.6. The first-order valence-electron chi connectivity index (χ1n) is 5.04. The Morgan fingerprint density at radius 2 is 2.07 bits per heavy atom. The Kier molecular flexibility index (Phi) is 3.30. The van der Waals surface area contributed by atoms with Crippen LogP contribution >= 0.6 is 15.9 Å². The van der Waals surface area contributed by atoms with Crippen molar-refractivity contribution in [1.82, 2.24) is 15.3 Å². The van der Waals surface area contributed by atoms with Crippen molar-refractivity contribution in [3.05, 3.63) is 22.7 Å². The lowest BCUT2D eigenvalue weighted by Gasteiger charge is -2.10. The number of carbonyl (C=O) groups is 1. The van der Waals surface area contributed by atoms with E-state index in [2.05, 4.69) is 31.2 Å². The molecule has 80 valence electrons. The Labute approximate surface area is 96.6 Å². The average Bonchev–Trinajstić information content (AvgIpc) is 2.71. The maximum absolute atomic E-state index is 11.7. The molecule has 1 heterocycles. The predicted molar refractivity (Wildman–Crippen MR) is 59.5 cm³/mol. The first kappa shape index (κ1) is 10.5. The van der Waals surface area contributed by atoms with Gasteiger partial charge in [-0.15, -0.1) is 0 Å². The Morgan fingerprint density at radius 1 is 1.33 bits per heavy atom. The zero-order valence-electron chi connectivity index (χ0n) is 8.24. The normalized spacial score (nSPS) is 16.6. The highest BCUT2D eigenvalue weighted by Crippen LogP contribution is 2.17. The molecule has 1 fully saturated rings. The largest absolute Gasteiger partial charge is 0.348 e. The summed E-state index contributed by atoms with van der Waals surface area (Å²) in [6, 6.07) is 0.322. The van der Waals surface area contributed by atoms with E-state index in [1.54, 1.807) is 0 Å². The van der Waals surface area contributed by atoms with Gasteiger partial charge in [0.15, 0.2) is 0 Å². The van der Waals surface area contributed by atoms with E-state index in [4.69, 9.17) is 0 Å². The minimum Gasteiger partial charge on any atom is -0.348 e. The minimum absolute atomic E-state index is 0.123. The molecule has 0 radical (unpaired) electrons. The minimum atomic E-state index is -0.123. The van der Waals surface area contributed by atoms with Gasteiger partial charge in [-0.25, -0.2) is 9.97 Å². The molecule has 2 rings (SSSR count). The van der Waals surface area contributed by atoms with Crippen LogP contribution in [0, 0.1) is 0 Å². The first-order chi connectivity index (χ1) is 7.25. The van der Waals surface area contributed by atoms with Crippen molar-refractivity contribution in [2.45, 2.75) is 31.7 Å². The van der Waals surface area contributed by atoms with Gasteiger partial charge in [0.05, 0.1) is 12.4 Å². The molecule has 0 aliphatic heterocycles. The Morgan fingerprint density at radius 3 is 2.67 bits per heavy atom. The highest BCUT2D eigenvalue weighted by atomic mass is 79.9. The summed E-state index contributed by atoms with van der Waals surface area (Å²) in [6.07, 6.45) is 7.58. The lowest BCUT2D eigenvalue weighted by Crippen LogP contribution is -2.33. The molecule has 0 atom stereocenters. The SMILES string of the molecule is O=C(NC1CCCC1)c1cnc(Br)cn1. The molecule has 0 spiro atoms. The van der Waals surface area contributed by atoms with E-state index in [1.165, 1.54) is 25.2 Å². The molecular formula is C10H12BrN3O. The number of hydrogen-bond acceptors (Lipinski definition) is 3. The molecule has 1 amide bonds. The number of hydrogen-bond donors (Lipinski definition) is 1. The fourth-order valence-electron chi connectivity index (χ4n) is 1.76. The van der Waals surface area contributed by atoms with Crippen molar-refractivity contribution in [2.75, 3.05) is 0 Å². The zero-order valence-corrected chi connectivity index (χ0v) is 9.83. The molecule has 0 bridgehead atoms. The summed E-state index contributed by atoms with van der Waals surface area (Å²) >= 11 is 3.18. The summed E-state index contributed by atoms with van der Waals surface area (Å²) in [6.45, 7) is 0. The molecule has 5 heteroatoms. The van der Waals surface area contributed by atoms with Crippen molar-refractivity contribution < 1.29 is 4.79 Å². The molecule has 0 aromatic carbocycles. The Hall–Kier alpha value is -0.970. The van der Waals surface area contributed by atoms with Crippen molar-refractivity contribution in [2.24, 2.45) is 0 Å². The van der Waals surface area contributed by atoms with Gasteiger partial charge in [-0.2, -0.15) is 0 Å². The molecule has 0 saturated heterocycles. The second-order valence-electron chi connectivity index (χ2n) is 3.68. The highest BCUT2D eigenvalue weighted by Gasteiger charge is 2.18. The molecular weight excluding hydrogens is 258 g/mol. The van der Waals surface area contributed by atoms with Gasteiger partial charge in [0, 0.05) is 6.04 Å². The molecule has 1 aliphatic carbocycles. The number of nitrogens with one attached hydrogen (secondary N) is 1. The van der Waals surface area contributed by atoms with Crippen molar-refractivity contribution in [3.63, 3.8) is 0 Å². The van der Waals surface area contributed by atoms with Gasteiger partial charge in [-0.3, -0.25) is 4.79 Å². The van der Waals surface area contributed by atoms with E-state index in [0.717, 1.165) is 12.8 Å². The fraction of sp³-hybridized carbons (Fsp3) is 0.500. The van der Waals surface area contributed by atoms with Crippen LogP contribution < -0.4 is 5.32 Å². The topological polar surface area (TPSA) is 54.9 Å². The van der Waals surface area contributed by atoms with Gasteiger partial charge < -0.3 is 5.32 Å². The third kappa shape index (κ3) is 2.75. The van der Waals surface area contributed by atoms with Crippen molar-refractivity contribution in [1.29, 1.82) is 0 Å². The van der Waals surface area contributed by atoms with E-state index in [0.29, 0.717) is 16.3 Å². The highest BCUT2D eigenvalue weighted by molar-refractivity contribution is 9.10. The van der Waals surface area contributed by atoms with Gasteiger partial charge in [-0.1, -0.05) is 12.8 Å². The van der Waals surface area contributed by atoms with E-state index in [9.17, 15) is 4.79 Å². The van der Waals surface area contributed by atoms with Gasteiger partial charge >= 0.3 is 0 Å². The third-order valence-electron chi connectivity index (χ3n) is 2.54. The Balaban J connectivity index is 1.98. The number of nitrogens with zero attached hydrogens (tertiary/aromatic N) is 2. The molecule has 1 aromatic heterocycles. The van der Waals surface area contributed by atoms with Crippen molar-refractivity contribution in [3.8, 4) is 0 Å². The zero-order chi connectivity index (χ0) is 10.7. The number of amides is 1. The maximum atomic E-state index is 11.7. The summed E-state index contributed by atoms with van der Waals surface area (Å²) in [5.74, 6) is -0.123. The third-order valence-corrected chi connectivity index (χ3v) is 2.95. The Bertz CT molecular complexity index is 346. The second kappa shape index (κ2) is 4.70. The van der Waals surface area contributed by atoms with Crippen LogP contribution in [0.1, 0.15) is 36.2 Å². The number of carbonyl (C=O) groups excluding carboxylic acids is 1. The molecule has 1 N–H and O–H groups in total. The van der Waals surface area contributed by atoms with Gasteiger partial charge in [0.25, 0.3) is 5.91 Å². The molecule has 1 saturated carbocycles. The number of aromatic nitrogens is 2. The van der Waals surface area contributed by atoms with E-state index in [1.807, 2.05) is 0 Å². The van der Waals surface area contributed by atoms with Crippen molar-refractivity contribution >= 4 is 21.8 Å². The molecule has 15 heavy (non-hydrogen) atoms. The number of halogens is 1. The summed E-state index contributed by atoms with van der Waals surface area (Å²) < 4.78 is 0.639.